The lowest BCUT2D eigenvalue weighted by molar-refractivity contribution is -0.132. The first-order valence-electron chi connectivity index (χ1n) is 11.6. The largest absolute Gasteiger partial charge is 0.444 e. The van der Waals surface area contributed by atoms with Gasteiger partial charge < -0.3 is 20.3 Å². The van der Waals surface area contributed by atoms with Crippen molar-refractivity contribution < 1.29 is 14.3 Å². The maximum atomic E-state index is 13.1. The van der Waals surface area contributed by atoms with E-state index in [0.29, 0.717) is 12.5 Å². The number of carbonyl (C=O) groups excluding carboxylic acids is 2. The molecule has 2 aromatic carbocycles. The topological polar surface area (TPSA) is 70.7 Å². The summed E-state index contributed by atoms with van der Waals surface area (Å²) in [6, 6.07) is 14.2. The molecular formula is C26H32BrN3O3. The Kier molecular flexibility index (Phi) is 6.98. The molecule has 2 heterocycles. The third-order valence-corrected chi connectivity index (χ3v) is 6.96. The molecule has 1 fully saturated rings. The second-order valence-corrected chi connectivity index (χ2v) is 10.7. The van der Waals surface area contributed by atoms with E-state index >= 15 is 0 Å². The highest BCUT2D eigenvalue weighted by Crippen LogP contribution is 2.34. The van der Waals surface area contributed by atoms with Crippen molar-refractivity contribution in [3.63, 3.8) is 0 Å². The molecule has 0 saturated carbocycles. The van der Waals surface area contributed by atoms with Gasteiger partial charge >= 0.3 is 6.09 Å². The van der Waals surface area contributed by atoms with Gasteiger partial charge in [-0.25, -0.2) is 4.79 Å². The van der Waals surface area contributed by atoms with Crippen LogP contribution in [0.3, 0.4) is 0 Å². The summed E-state index contributed by atoms with van der Waals surface area (Å²) >= 11 is 3.60. The summed E-state index contributed by atoms with van der Waals surface area (Å²) in [6.07, 6.45) is 2.20. The van der Waals surface area contributed by atoms with Gasteiger partial charge in [-0.2, -0.15) is 0 Å². The highest BCUT2D eigenvalue weighted by atomic mass is 79.9. The predicted molar refractivity (Wildman–Crippen MR) is 133 cm³/mol. The van der Waals surface area contributed by atoms with Gasteiger partial charge in [-0.1, -0.05) is 46.3 Å². The zero-order valence-electron chi connectivity index (χ0n) is 19.5. The maximum Gasteiger partial charge on any atom is 0.407 e. The van der Waals surface area contributed by atoms with Crippen molar-refractivity contribution in [2.24, 2.45) is 0 Å². The smallest absolute Gasteiger partial charge is 0.407 e. The zero-order chi connectivity index (χ0) is 23.6. The van der Waals surface area contributed by atoms with Gasteiger partial charge in [0, 0.05) is 36.2 Å². The normalized spacial score (nSPS) is 18.4. The summed E-state index contributed by atoms with van der Waals surface area (Å²) < 4.78 is 6.37. The number of piperidine rings is 1. The molecule has 2 aromatic rings. The van der Waals surface area contributed by atoms with Crippen molar-refractivity contribution in [1.82, 2.24) is 10.2 Å². The van der Waals surface area contributed by atoms with Crippen LogP contribution in [-0.4, -0.2) is 41.6 Å². The van der Waals surface area contributed by atoms with Crippen LogP contribution in [0.25, 0.3) is 0 Å². The van der Waals surface area contributed by atoms with Crippen LogP contribution in [0.4, 0.5) is 10.5 Å². The number of nitrogens with one attached hydrogen (secondary N) is 2. The Bertz CT molecular complexity index is 1030. The first-order valence-corrected chi connectivity index (χ1v) is 12.4. The minimum Gasteiger partial charge on any atom is -0.444 e. The number of hydrogen-bond donors (Lipinski definition) is 2. The fraction of sp³-hybridized carbons (Fsp3) is 0.462. The van der Waals surface area contributed by atoms with Crippen LogP contribution in [0, 0.1) is 0 Å². The van der Waals surface area contributed by atoms with Crippen molar-refractivity contribution >= 4 is 33.6 Å². The van der Waals surface area contributed by atoms with Gasteiger partial charge in [0.25, 0.3) is 0 Å². The first kappa shape index (κ1) is 23.6. The number of carbonyl (C=O) groups is 2. The Hall–Kier alpha value is -2.54. The number of likely N-dealkylation sites (tertiary alicyclic amines) is 1. The number of fused-ring (bicyclic) bond motifs is 1. The summed E-state index contributed by atoms with van der Waals surface area (Å²) in [5.41, 5.74) is 4.04. The third kappa shape index (κ3) is 5.88. The third-order valence-electron chi connectivity index (χ3n) is 6.22. The monoisotopic (exact) mass is 513 g/mol. The predicted octanol–water partition coefficient (Wildman–Crippen LogP) is 5.22. The van der Waals surface area contributed by atoms with E-state index in [9.17, 15) is 9.59 Å². The minimum absolute atomic E-state index is 0.183. The number of anilines is 1. The number of ether oxygens (including phenoxy) is 1. The second kappa shape index (κ2) is 9.75. The van der Waals surface area contributed by atoms with Crippen molar-refractivity contribution in [3.8, 4) is 0 Å². The maximum absolute atomic E-state index is 13.1. The average molecular weight is 514 g/mol. The highest BCUT2D eigenvalue weighted by Gasteiger charge is 2.33. The molecule has 0 aromatic heterocycles. The molecule has 1 atom stereocenters. The van der Waals surface area contributed by atoms with Gasteiger partial charge in [0.1, 0.15) is 11.6 Å². The number of rotatable bonds is 4. The molecule has 6 nitrogen and oxygen atoms in total. The summed E-state index contributed by atoms with van der Waals surface area (Å²) in [4.78, 5) is 27.1. The molecule has 2 amide bonds. The number of amides is 2. The summed E-state index contributed by atoms with van der Waals surface area (Å²) in [7, 11) is 0. The van der Waals surface area contributed by atoms with Crippen molar-refractivity contribution in [3.05, 3.63) is 63.6 Å². The molecular weight excluding hydrogens is 482 g/mol. The van der Waals surface area contributed by atoms with Crippen LogP contribution >= 0.6 is 15.9 Å². The Morgan fingerprint density at radius 1 is 1.15 bits per heavy atom. The van der Waals surface area contributed by atoms with Gasteiger partial charge in [0.2, 0.25) is 5.91 Å². The fourth-order valence-electron chi connectivity index (χ4n) is 4.59. The summed E-state index contributed by atoms with van der Waals surface area (Å²) in [6.45, 7) is 7.52. The fourth-order valence-corrected chi connectivity index (χ4v) is 5.12. The molecule has 2 aliphatic rings. The lowest BCUT2D eigenvalue weighted by Gasteiger charge is -2.34. The van der Waals surface area contributed by atoms with Crippen LogP contribution in [-0.2, 0) is 22.5 Å². The molecule has 176 valence electrons. The average Bonchev–Trinajstić information content (AvgIpc) is 3.22. The van der Waals surface area contributed by atoms with Gasteiger partial charge in [0.15, 0.2) is 0 Å². The van der Waals surface area contributed by atoms with E-state index in [0.717, 1.165) is 48.1 Å². The van der Waals surface area contributed by atoms with Crippen molar-refractivity contribution in [2.45, 2.75) is 64.1 Å². The van der Waals surface area contributed by atoms with Crippen LogP contribution in [0.5, 0.6) is 0 Å². The Labute approximate surface area is 204 Å². The SMILES string of the molecule is CC(C)(C)OC(=O)NCc1cccc(C2CCN(C(=O)C3Cc4c(Br)cccc4N3)CC2)c1. The highest BCUT2D eigenvalue weighted by molar-refractivity contribution is 9.10. The molecule has 0 bridgehead atoms. The lowest BCUT2D eigenvalue weighted by Crippen LogP contribution is -2.45. The van der Waals surface area contributed by atoms with Gasteiger partial charge in [-0.05, 0) is 68.4 Å². The Balaban J connectivity index is 1.29. The van der Waals surface area contributed by atoms with E-state index in [1.165, 1.54) is 11.1 Å². The first-order chi connectivity index (χ1) is 15.7. The lowest BCUT2D eigenvalue weighted by atomic mass is 9.88. The van der Waals surface area contributed by atoms with Gasteiger partial charge in [-0.15, -0.1) is 0 Å². The molecule has 33 heavy (non-hydrogen) atoms. The minimum atomic E-state index is -0.509. The Morgan fingerprint density at radius 3 is 2.58 bits per heavy atom. The molecule has 4 rings (SSSR count). The molecule has 0 radical (unpaired) electrons. The van der Waals surface area contributed by atoms with Gasteiger partial charge in [0.05, 0.1) is 0 Å². The summed E-state index contributed by atoms with van der Waals surface area (Å²) in [5, 5.41) is 6.22. The molecule has 2 N–H and O–H groups in total. The number of alkyl carbamates (subject to hydrolysis) is 1. The molecule has 2 aliphatic heterocycles. The number of hydrogen-bond acceptors (Lipinski definition) is 4. The van der Waals surface area contributed by atoms with Crippen LogP contribution in [0.2, 0.25) is 0 Å². The standard InChI is InChI=1S/C26H32BrN3O3/c1-26(2,3)33-25(32)28-16-17-6-4-7-19(14-17)18-10-12-30(13-11-18)24(31)23-15-20-21(27)8-5-9-22(20)29-23/h4-9,14,18,23,29H,10-13,15-16H2,1-3H3,(H,28,32). The van der Waals surface area contributed by atoms with E-state index in [1.807, 2.05) is 56.0 Å². The van der Waals surface area contributed by atoms with E-state index in [4.69, 9.17) is 4.74 Å². The zero-order valence-corrected chi connectivity index (χ0v) is 21.1. The summed E-state index contributed by atoms with van der Waals surface area (Å²) in [5.74, 6) is 0.602. The van der Waals surface area contributed by atoms with E-state index < -0.39 is 11.7 Å². The molecule has 7 heteroatoms. The van der Waals surface area contributed by atoms with Crippen LogP contribution < -0.4 is 10.6 Å². The van der Waals surface area contributed by atoms with Crippen LogP contribution in [0.15, 0.2) is 46.9 Å². The van der Waals surface area contributed by atoms with E-state index in [1.54, 1.807) is 0 Å². The molecule has 0 spiro atoms. The number of halogens is 1. The van der Waals surface area contributed by atoms with E-state index in [2.05, 4.69) is 38.7 Å². The second-order valence-electron chi connectivity index (χ2n) is 9.87. The van der Waals surface area contributed by atoms with Gasteiger partial charge in [-0.3, -0.25) is 4.79 Å². The number of benzene rings is 2. The number of nitrogens with zero attached hydrogens (tertiary/aromatic N) is 1. The molecule has 1 saturated heterocycles. The Morgan fingerprint density at radius 2 is 1.88 bits per heavy atom. The van der Waals surface area contributed by atoms with Crippen molar-refractivity contribution in [2.75, 3.05) is 18.4 Å². The molecule has 0 aliphatic carbocycles. The molecule has 1 unspecified atom stereocenters. The quantitative estimate of drug-likeness (QED) is 0.588. The van der Waals surface area contributed by atoms with Crippen molar-refractivity contribution in [1.29, 1.82) is 0 Å². The van der Waals surface area contributed by atoms with Crippen LogP contribution in [0.1, 0.15) is 56.2 Å². The van der Waals surface area contributed by atoms with E-state index in [-0.39, 0.29) is 11.9 Å².